The zero-order valence-corrected chi connectivity index (χ0v) is 15.4. The number of nitriles is 1. The number of fused-ring (bicyclic) bond motifs is 1. The van der Waals surface area contributed by atoms with E-state index in [0.717, 1.165) is 22.5 Å². The summed E-state index contributed by atoms with van der Waals surface area (Å²) in [5, 5.41) is 22.2. The highest BCUT2D eigenvalue weighted by Crippen LogP contribution is 2.29. The summed E-state index contributed by atoms with van der Waals surface area (Å²) in [5.74, 6) is -0.459. The highest BCUT2D eigenvalue weighted by Gasteiger charge is 2.15. The average molecular weight is 384 g/mol. The van der Waals surface area contributed by atoms with Gasteiger partial charge in [0.2, 0.25) is 5.91 Å². The molecule has 0 radical (unpaired) electrons. The third-order valence-corrected chi connectivity index (χ3v) is 4.62. The normalized spacial score (nSPS) is 10.6. The quantitative estimate of drug-likeness (QED) is 0.502. The number of carbonyl (C=O) groups is 1. The summed E-state index contributed by atoms with van der Waals surface area (Å²) < 4.78 is 1.71. The van der Waals surface area contributed by atoms with Gasteiger partial charge in [-0.15, -0.1) is 0 Å². The van der Waals surface area contributed by atoms with Crippen LogP contribution in [-0.2, 0) is 4.79 Å². The van der Waals surface area contributed by atoms with Crippen LogP contribution in [-0.4, -0.2) is 20.6 Å². The van der Waals surface area contributed by atoms with Crippen LogP contribution in [0.3, 0.4) is 0 Å². The molecule has 0 saturated carbocycles. The fourth-order valence-corrected chi connectivity index (χ4v) is 3.27. The fraction of sp³-hybridized carbons (Fsp3) is 0.0455. The van der Waals surface area contributed by atoms with Gasteiger partial charge in [-0.1, -0.05) is 24.3 Å². The van der Waals surface area contributed by atoms with E-state index in [-0.39, 0.29) is 17.2 Å². The molecule has 0 spiro atoms. The summed E-state index contributed by atoms with van der Waals surface area (Å²) in [6.07, 6.45) is 1.72. The van der Waals surface area contributed by atoms with Gasteiger partial charge in [0.1, 0.15) is 11.6 Å². The molecule has 142 valence electrons. The van der Waals surface area contributed by atoms with Gasteiger partial charge in [0.05, 0.1) is 5.52 Å². The van der Waals surface area contributed by atoms with Crippen molar-refractivity contribution in [2.75, 3.05) is 5.32 Å². The molecule has 4 aromatic rings. The Bertz CT molecular complexity index is 1320. The van der Waals surface area contributed by atoms with Gasteiger partial charge in [-0.05, 0) is 41.5 Å². The van der Waals surface area contributed by atoms with E-state index in [0.29, 0.717) is 11.0 Å². The van der Waals surface area contributed by atoms with Crippen LogP contribution in [0.4, 0.5) is 5.69 Å². The smallest absolute Gasteiger partial charge is 0.270 e. The van der Waals surface area contributed by atoms with Crippen LogP contribution in [0.1, 0.15) is 12.5 Å². The Morgan fingerprint density at radius 3 is 2.28 bits per heavy atom. The van der Waals surface area contributed by atoms with E-state index < -0.39 is 5.56 Å². The van der Waals surface area contributed by atoms with Gasteiger partial charge in [-0.3, -0.25) is 9.59 Å². The van der Waals surface area contributed by atoms with Crippen molar-refractivity contribution in [1.82, 2.24) is 9.55 Å². The molecule has 0 aliphatic rings. The van der Waals surface area contributed by atoms with Crippen molar-refractivity contribution in [1.29, 1.82) is 5.26 Å². The Labute approximate surface area is 165 Å². The van der Waals surface area contributed by atoms with Crippen LogP contribution in [0.25, 0.3) is 27.8 Å². The maximum atomic E-state index is 11.8. The number of aromatic nitrogens is 2. The highest BCUT2D eigenvalue weighted by atomic mass is 16.3. The summed E-state index contributed by atoms with van der Waals surface area (Å²) in [4.78, 5) is 25.6. The lowest BCUT2D eigenvalue weighted by Gasteiger charge is -2.09. The predicted molar refractivity (Wildman–Crippen MR) is 110 cm³/mol. The van der Waals surface area contributed by atoms with Crippen molar-refractivity contribution in [3.63, 3.8) is 0 Å². The largest absolute Gasteiger partial charge is 0.504 e. The van der Waals surface area contributed by atoms with Gasteiger partial charge in [0.25, 0.3) is 5.56 Å². The van der Waals surface area contributed by atoms with E-state index in [1.165, 1.54) is 6.92 Å². The predicted octanol–water partition coefficient (Wildman–Crippen LogP) is 3.52. The number of benzene rings is 2. The lowest BCUT2D eigenvalue weighted by Crippen LogP contribution is -2.10. The van der Waals surface area contributed by atoms with Crippen molar-refractivity contribution >= 4 is 22.6 Å². The number of rotatable bonds is 3. The van der Waals surface area contributed by atoms with Crippen molar-refractivity contribution in [3.8, 4) is 28.6 Å². The third kappa shape index (κ3) is 3.24. The van der Waals surface area contributed by atoms with Crippen molar-refractivity contribution in [2.24, 2.45) is 0 Å². The summed E-state index contributed by atoms with van der Waals surface area (Å²) >= 11 is 0. The molecule has 0 fully saturated rings. The Morgan fingerprint density at radius 1 is 1.07 bits per heavy atom. The Kier molecular flexibility index (Phi) is 4.37. The summed E-state index contributed by atoms with van der Waals surface area (Å²) in [5.41, 5.74) is 3.36. The molecule has 29 heavy (non-hydrogen) atoms. The Hall–Kier alpha value is -4.31. The number of carbonyl (C=O) groups excluding carboxylic acids is 1. The van der Waals surface area contributed by atoms with E-state index in [4.69, 9.17) is 5.26 Å². The monoisotopic (exact) mass is 384 g/mol. The molecular formula is C22H16N4O3. The van der Waals surface area contributed by atoms with Gasteiger partial charge in [-0.2, -0.15) is 5.26 Å². The Balaban J connectivity index is 1.71. The lowest BCUT2D eigenvalue weighted by molar-refractivity contribution is -0.114. The van der Waals surface area contributed by atoms with Gasteiger partial charge in [0, 0.05) is 24.5 Å². The second-order valence-corrected chi connectivity index (χ2v) is 6.54. The second kappa shape index (κ2) is 7.02. The maximum absolute atomic E-state index is 11.8. The van der Waals surface area contributed by atoms with Gasteiger partial charge in [0.15, 0.2) is 11.3 Å². The van der Waals surface area contributed by atoms with Gasteiger partial charge >= 0.3 is 0 Å². The molecule has 3 N–H and O–H groups in total. The number of nitrogens with zero attached hydrogens (tertiary/aromatic N) is 2. The van der Waals surface area contributed by atoms with E-state index in [2.05, 4.69) is 10.3 Å². The maximum Gasteiger partial charge on any atom is 0.270 e. The van der Waals surface area contributed by atoms with Crippen LogP contribution in [0.5, 0.6) is 5.75 Å². The van der Waals surface area contributed by atoms with Crippen LogP contribution in [0, 0.1) is 11.3 Å². The van der Waals surface area contributed by atoms with Crippen LogP contribution in [0.15, 0.2) is 65.6 Å². The molecule has 0 bridgehead atoms. The van der Waals surface area contributed by atoms with Crippen LogP contribution < -0.4 is 10.9 Å². The number of hydrogen-bond donors (Lipinski definition) is 3. The van der Waals surface area contributed by atoms with Crippen LogP contribution in [0.2, 0.25) is 0 Å². The number of nitrogens with one attached hydrogen (secondary N) is 2. The average Bonchev–Trinajstić information content (AvgIpc) is 3.12. The van der Waals surface area contributed by atoms with E-state index in [1.54, 1.807) is 22.9 Å². The van der Waals surface area contributed by atoms with E-state index in [9.17, 15) is 14.7 Å². The highest BCUT2D eigenvalue weighted by molar-refractivity contribution is 5.89. The minimum Gasteiger partial charge on any atom is -0.504 e. The summed E-state index contributed by atoms with van der Waals surface area (Å²) in [6.45, 7) is 1.46. The number of pyridine rings is 1. The summed E-state index contributed by atoms with van der Waals surface area (Å²) in [6, 6.07) is 18.5. The molecule has 7 heteroatoms. The van der Waals surface area contributed by atoms with Gasteiger partial charge in [-0.25, -0.2) is 0 Å². The van der Waals surface area contributed by atoms with E-state index in [1.807, 2.05) is 48.5 Å². The molecule has 4 rings (SSSR count). The standard InChI is InChI=1S/C22H16N4O3/c1-13(27)24-16-6-2-14(3-7-16)15-4-8-17(9-5-15)26-11-10-19-20(26)21(28)18(12-23)22(29)25-19/h2-11H,1H3,(H,24,27)(H2,25,28,29). The molecule has 0 atom stereocenters. The first-order valence-corrected chi connectivity index (χ1v) is 8.83. The van der Waals surface area contributed by atoms with E-state index >= 15 is 0 Å². The topological polar surface area (TPSA) is 111 Å². The molecule has 2 heterocycles. The molecule has 7 nitrogen and oxygen atoms in total. The van der Waals surface area contributed by atoms with Crippen molar-refractivity contribution in [3.05, 3.63) is 76.7 Å². The number of anilines is 1. The first kappa shape index (κ1) is 18.1. The molecule has 0 aliphatic carbocycles. The minimum atomic E-state index is -0.617. The molecule has 0 saturated heterocycles. The van der Waals surface area contributed by atoms with Gasteiger partial charge < -0.3 is 20.0 Å². The third-order valence-electron chi connectivity index (χ3n) is 4.62. The molecule has 2 aromatic heterocycles. The Morgan fingerprint density at radius 2 is 1.69 bits per heavy atom. The number of amides is 1. The lowest BCUT2D eigenvalue weighted by atomic mass is 10.0. The SMILES string of the molecule is CC(=O)Nc1ccc(-c2ccc(-n3ccc4[nH]c(=O)c(C#N)c(O)c43)cc2)cc1. The molecular weight excluding hydrogens is 368 g/mol. The second-order valence-electron chi connectivity index (χ2n) is 6.54. The first-order valence-electron chi connectivity index (χ1n) is 8.83. The zero-order valence-electron chi connectivity index (χ0n) is 15.4. The van der Waals surface area contributed by atoms with Crippen LogP contribution >= 0.6 is 0 Å². The number of aromatic amines is 1. The number of aromatic hydroxyl groups is 1. The molecule has 1 amide bonds. The minimum absolute atomic E-state index is 0.120. The first-order chi connectivity index (χ1) is 14.0. The molecule has 0 unspecified atom stereocenters. The van der Waals surface area contributed by atoms with Crippen molar-refractivity contribution < 1.29 is 9.90 Å². The summed E-state index contributed by atoms with van der Waals surface area (Å²) in [7, 11) is 0. The molecule has 2 aromatic carbocycles. The number of H-pyrrole nitrogens is 1. The zero-order chi connectivity index (χ0) is 20.5. The molecule has 0 aliphatic heterocycles. The van der Waals surface area contributed by atoms with Crippen molar-refractivity contribution in [2.45, 2.75) is 6.92 Å². The number of hydrogen-bond acceptors (Lipinski definition) is 4. The fourth-order valence-electron chi connectivity index (χ4n) is 3.27.